The summed E-state index contributed by atoms with van der Waals surface area (Å²) in [5, 5.41) is 55.2. The highest BCUT2D eigenvalue weighted by Gasteiger charge is 2.39. The Hall–Kier alpha value is -5.15. The van der Waals surface area contributed by atoms with Gasteiger partial charge >= 0.3 is 5.97 Å². The molecule has 3 aromatic rings. The van der Waals surface area contributed by atoms with E-state index >= 15 is 0 Å². The number of sulfonamides is 1. The second-order valence-electron chi connectivity index (χ2n) is 9.51. The van der Waals surface area contributed by atoms with Crippen molar-refractivity contribution < 1.29 is 53.1 Å². The van der Waals surface area contributed by atoms with Crippen LogP contribution in [0.1, 0.15) is 47.0 Å². The third-order valence-electron chi connectivity index (χ3n) is 6.60. The molecular weight excluding hydrogens is 574 g/mol. The van der Waals surface area contributed by atoms with Gasteiger partial charge in [-0.15, -0.1) is 0 Å². The number of aromatic hydroxyl groups is 4. The molecular formula is C27H25N3O11S. The summed E-state index contributed by atoms with van der Waals surface area (Å²) < 4.78 is 25.4. The fourth-order valence-electron chi connectivity index (χ4n) is 4.50. The lowest BCUT2D eigenvalue weighted by molar-refractivity contribution is 0.0691. The molecule has 1 aliphatic heterocycles. The molecule has 0 aromatic heterocycles. The zero-order chi connectivity index (χ0) is 30.9. The van der Waals surface area contributed by atoms with Gasteiger partial charge in [-0.3, -0.25) is 14.4 Å². The summed E-state index contributed by atoms with van der Waals surface area (Å²) in [6.45, 7) is -0.394. The smallest absolute Gasteiger partial charge is 0.336 e. The Kier molecular flexibility index (Phi) is 8.08. The minimum atomic E-state index is -3.73. The number of amides is 2. The minimum absolute atomic E-state index is 0.0667. The van der Waals surface area contributed by atoms with E-state index < -0.39 is 79.6 Å². The van der Waals surface area contributed by atoms with Gasteiger partial charge in [-0.1, -0.05) is 6.07 Å². The topological polar surface area (TPSA) is 231 Å². The van der Waals surface area contributed by atoms with Crippen LogP contribution in [0, 0.1) is 0 Å². The number of phenols is 4. The van der Waals surface area contributed by atoms with E-state index in [1.165, 1.54) is 30.3 Å². The maximum atomic E-state index is 13.1. The third-order valence-corrected chi connectivity index (χ3v) is 7.84. The molecule has 0 saturated carbocycles. The number of carboxylic acids is 1. The standard InChI is InChI=1S/C27H25N3O11S/c1-42(40,41)30-11-17(28-25(36)13-5-7-15(31)8-6-13)18(12-30)29-26(37)14-9-20(33)23(21(34)10-14)24(35)22-16(27(38)39)3-2-4-19(22)32/h2-10,17-18,31-34H,11-12H2,1H3,(H,28,36)(H,29,37)(H,38,39). The molecule has 0 radical (unpaired) electrons. The van der Waals surface area contributed by atoms with Gasteiger partial charge < -0.3 is 36.2 Å². The molecule has 2 atom stereocenters. The Morgan fingerprint density at radius 1 is 0.762 bits per heavy atom. The summed E-state index contributed by atoms with van der Waals surface area (Å²) in [5.74, 6) is -6.84. The SMILES string of the molecule is CS(=O)(=O)N1CC(NC(=O)c2ccc(O)cc2)C(NC(=O)c2cc(O)c(C(=O)c3c(O)cccc3C(=O)O)c(O)c2)C1. The zero-order valence-electron chi connectivity index (χ0n) is 21.8. The first-order chi connectivity index (χ1) is 19.7. The zero-order valence-corrected chi connectivity index (χ0v) is 22.6. The molecule has 2 amide bonds. The molecule has 0 spiro atoms. The highest BCUT2D eigenvalue weighted by atomic mass is 32.2. The van der Waals surface area contributed by atoms with Crippen LogP contribution >= 0.6 is 0 Å². The molecule has 220 valence electrons. The average molecular weight is 600 g/mol. The van der Waals surface area contributed by atoms with Gasteiger partial charge in [0.2, 0.25) is 15.8 Å². The van der Waals surface area contributed by atoms with Crippen molar-refractivity contribution in [2.24, 2.45) is 0 Å². The molecule has 7 N–H and O–H groups in total. The van der Waals surface area contributed by atoms with Gasteiger partial charge in [-0.05, 0) is 48.5 Å². The van der Waals surface area contributed by atoms with Crippen LogP contribution < -0.4 is 10.6 Å². The first kappa shape index (κ1) is 29.8. The first-order valence-electron chi connectivity index (χ1n) is 12.2. The molecule has 42 heavy (non-hydrogen) atoms. The molecule has 3 aromatic carbocycles. The van der Waals surface area contributed by atoms with Gasteiger partial charge in [-0.2, -0.15) is 4.31 Å². The number of aromatic carboxylic acids is 1. The van der Waals surface area contributed by atoms with E-state index in [1.54, 1.807) is 0 Å². The van der Waals surface area contributed by atoms with Crippen LogP contribution in [-0.2, 0) is 10.0 Å². The Labute approximate surface area is 238 Å². The van der Waals surface area contributed by atoms with Gasteiger partial charge in [0.1, 0.15) is 28.6 Å². The number of benzene rings is 3. The minimum Gasteiger partial charge on any atom is -0.508 e. The molecule has 14 nitrogen and oxygen atoms in total. The average Bonchev–Trinajstić information content (AvgIpc) is 3.30. The van der Waals surface area contributed by atoms with Gasteiger partial charge in [-0.25, -0.2) is 13.2 Å². The van der Waals surface area contributed by atoms with E-state index in [2.05, 4.69) is 10.6 Å². The maximum Gasteiger partial charge on any atom is 0.336 e. The van der Waals surface area contributed by atoms with E-state index in [0.29, 0.717) is 0 Å². The van der Waals surface area contributed by atoms with E-state index in [0.717, 1.165) is 34.8 Å². The van der Waals surface area contributed by atoms with E-state index in [9.17, 15) is 53.1 Å². The fraction of sp³-hybridized carbons (Fsp3) is 0.185. The number of carboxylic acid groups (broad SMARTS) is 1. The molecule has 1 heterocycles. The van der Waals surface area contributed by atoms with Crippen molar-refractivity contribution in [2.45, 2.75) is 12.1 Å². The van der Waals surface area contributed by atoms with Crippen molar-refractivity contribution in [3.8, 4) is 23.0 Å². The Bertz CT molecular complexity index is 1680. The van der Waals surface area contributed by atoms with Crippen LogP contribution in [0.25, 0.3) is 0 Å². The van der Waals surface area contributed by atoms with Crippen LogP contribution in [0.5, 0.6) is 23.0 Å². The number of ketones is 1. The maximum absolute atomic E-state index is 13.1. The van der Waals surface area contributed by atoms with Crippen molar-refractivity contribution in [1.82, 2.24) is 14.9 Å². The van der Waals surface area contributed by atoms with E-state index in [4.69, 9.17) is 0 Å². The summed E-state index contributed by atoms with van der Waals surface area (Å²) in [4.78, 5) is 50.4. The molecule has 0 bridgehead atoms. The second kappa shape index (κ2) is 11.4. The lowest BCUT2D eigenvalue weighted by atomic mass is 9.95. The van der Waals surface area contributed by atoms with Gasteiger partial charge in [0.25, 0.3) is 11.8 Å². The van der Waals surface area contributed by atoms with Crippen molar-refractivity contribution >= 4 is 33.6 Å². The Morgan fingerprint density at radius 3 is 1.79 bits per heavy atom. The fourth-order valence-corrected chi connectivity index (χ4v) is 5.37. The van der Waals surface area contributed by atoms with Gasteiger partial charge in [0.15, 0.2) is 0 Å². The molecule has 0 aliphatic carbocycles. The number of nitrogens with one attached hydrogen (secondary N) is 2. The van der Waals surface area contributed by atoms with Crippen molar-refractivity contribution in [3.05, 3.63) is 82.4 Å². The number of nitrogens with zero attached hydrogens (tertiary/aromatic N) is 1. The molecule has 15 heteroatoms. The lowest BCUT2D eigenvalue weighted by Gasteiger charge is -2.21. The predicted molar refractivity (Wildman–Crippen MR) is 145 cm³/mol. The summed E-state index contributed by atoms with van der Waals surface area (Å²) in [7, 11) is -3.73. The van der Waals surface area contributed by atoms with Crippen molar-refractivity contribution in [3.63, 3.8) is 0 Å². The van der Waals surface area contributed by atoms with Crippen molar-refractivity contribution in [2.75, 3.05) is 19.3 Å². The van der Waals surface area contributed by atoms with Gasteiger partial charge in [0.05, 0.1) is 29.5 Å². The van der Waals surface area contributed by atoms with E-state index in [1.807, 2.05) is 0 Å². The normalized spacial score (nSPS) is 17.0. The quantitative estimate of drug-likeness (QED) is 0.177. The molecule has 2 unspecified atom stereocenters. The monoisotopic (exact) mass is 599 g/mol. The number of carbonyl (C=O) groups excluding carboxylic acids is 3. The van der Waals surface area contributed by atoms with Crippen LogP contribution in [0.4, 0.5) is 0 Å². The Balaban J connectivity index is 1.59. The number of hydrogen-bond donors (Lipinski definition) is 7. The third kappa shape index (κ3) is 6.11. The van der Waals surface area contributed by atoms with Gasteiger partial charge in [0, 0.05) is 24.2 Å². The molecule has 1 saturated heterocycles. The largest absolute Gasteiger partial charge is 0.508 e. The number of hydrogen-bond acceptors (Lipinski definition) is 10. The summed E-state index contributed by atoms with van der Waals surface area (Å²) >= 11 is 0. The highest BCUT2D eigenvalue weighted by Crippen LogP contribution is 2.34. The number of carbonyl (C=O) groups is 4. The number of rotatable bonds is 8. The van der Waals surface area contributed by atoms with Crippen molar-refractivity contribution in [1.29, 1.82) is 0 Å². The van der Waals surface area contributed by atoms with Crippen LogP contribution in [-0.4, -0.2) is 93.3 Å². The summed E-state index contributed by atoms with van der Waals surface area (Å²) in [6, 6.07) is 8.37. The molecule has 4 rings (SSSR count). The Morgan fingerprint density at radius 2 is 1.29 bits per heavy atom. The highest BCUT2D eigenvalue weighted by molar-refractivity contribution is 7.88. The summed E-state index contributed by atoms with van der Waals surface area (Å²) in [6.07, 6.45) is 0.960. The predicted octanol–water partition coefficient (Wildman–Crippen LogP) is 0.610. The van der Waals surface area contributed by atoms with Crippen LogP contribution in [0.15, 0.2) is 54.6 Å². The van der Waals surface area contributed by atoms with E-state index in [-0.39, 0.29) is 30.0 Å². The lowest BCUT2D eigenvalue weighted by Crippen LogP contribution is -2.51. The van der Waals surface area contributed by atoms with Crippen LogP contribution in [0.2, 0.25) is 0 Å². The number of phenolic OH excluding ortho intramolecular Hbond substituents is 4. The molecule has 1 aliphatic rings. The first-order valence-corrected chi connectivity index (χ1v) is 14.0. The second-order valence-corrected chi connectivity index (χ2v) is 11.5. The summed E-state index contributed by atoms with van der Waals surface area (Å²) in [5.41, 5.74) is -2.22. The molecule has 1 fully saturated rings. The van der Waals surface area contributed by atoms with Crippen LogP contribution in [0.3, 0.4) is 0 Å².